The molecule has 0 aliphatic rings. The van der Waals surface area contributed by atoms with Crippen molar-refractivity contribution in [1.29, 1.82) is 0 Å². The molecule has 0 aliphatic heterocycles. The van der Waals surface area contributed by atoms with Crippen molar-refractivity contribution in [2.24, 2.45) is 0 Å². The van der Waals surface area contributed by atoms with E-state index in [0.29, 0.717) is 0 Å². The van der Waals surface area contributed by atoms with Gasteiger partial charge in [0.25, 0.3) is 0 Å². The second-order valence-electron chi connectivity index (χ2n) is 5.42. The van der Waals surface area contributed by atoms with Gasteiger partial charge >= 0.3 is 0 Å². The first-order chi connectivity index (χ1) is 9.51. The van der Waals surface area contributed by atoms with E-state index in [4.69, 9.17) is 4.74 Å². The zero-order chi connectivity index (χ0) is 14.7. The lowest BCUT2D eigenvalue weighted by atomic mass is 10.0. The molecular weight excluding hydrogens is 246 g/mol. The fourth-order valence-electron chi connectivity index (χ4n) is 2.63. The van der Waals surface area contributed by atoms with Gasteiger partial charge in [0, 0.05) is 11.7 Å². The van der Waals surface area contributed by atoms with Crippen LogP contribution >= 0.6 is 0 Å². The summed E-state index contributed by atoms with van der Waals surface area (Å²) in [6.07, 6.45) is 0. The fraction of sp³-hybridized carbons (Fsp3) is 0.333. The molecule has 0 aromatic heterocycles. The normalized spacial score (nSPS) is 12.1. The van der Waals surface area contributed by atoms with E-state index < -0.39 is 0 Å². The van der Waals surface area contributed by atoms with Gasteiger partial charge in [-0.1, -0.05) is 29.8 Å². The molecule has 1 unspecified atom stereocenters. The second-order valence-corrected chi connectivity index (χ2v) is 5.42. The Balaban J connectivity index is 2.22. The molecule has 0 fully saturated rings. The molecule has 0 heterocycles. The van der Waals surface area contributed by atoms with Gasteiger partial charge in [-0.25, -0.2) is 0 Å². The lowest BCUT2D eigenvalue weighted by molar-refractivity contribution is 0.408. The third kappa shape index (κ3) is 3.13. The van der Waals surface area contributed by atoms with E-state index in [0.717, 1.165) is 22.6 Å². The minimum absolute atomic E-state index is 0.280. The minimum Gasteiger partial charge on any atom is -0.496 e. The van der Waals surface area contributed by atoms with Gasteiger partial charge < -0.3 is 10.1 Å². The Bertz CT molecular complexity index is 581. The van der Waals surface area contributed by atoms with Gasteiger partial charge in [0.15, 0.2) is 0 Å². The predicted molar refractivity (Wildman–Crippen MR) is 85.7 cm³/mol. The maximum Gasteiger partial charge on any atom is 0.124 e. The molecule has 0 radical (unpaired) electrons. The predicted octanol–water partition coefficient (Wildman–Crippen LogP) is 4.79. The number of hydrogen-bond donors (Lipinski definition) is 1. The van der Waals surface area contributed by atoms with Gasteiger partial charge in [-0.15, -0.1) is 0 Å². The number of rotatable bonds is 4. The Morgan fingerprint density at radius 1 is 1.00 bits per heavy atom. The Kier molecular flexibility index (Phi) is 4.33. The monoisotopic (exact) mass is 269 g/mol. The summed E-state index contributed by atoms with van der Waals surface area (Å²) in [5, 5.41) is 3.56. The first-order valence-electron chi connectivity index (χ1n) is 6.99. The van der Waals surface area contributed by atoms with Crippen LogP contribution in [-0.4, -0.2) is 7.11 Å². The highest BCUT2D eigenvalue weighted by molar-refractivity contribution is 5.56. The maximum absolute atomic E-state index is 5.41. The number of methoxy groups -OCH3 is 1. The Labute approximate surface area is 121 Å². The lowest BCUT2D eigenvalue weighted by Crippen LogP contribution is -2.07. The van der Waals surface area contributed by atoms with Crippen LogP contribution in [0.4, 0.5) is 5.69 Å². The molecule has 0 spiro atoms. The van der Waals surface area contributed by atoms with E-state index in [1.54, 1.807) is 7.11 Å². The average Bonchev–Trinajstić information content (AvgIpc) is 2.38. The molecule has 1 N–H and O–H groups in total. The molecule has 1 atom stereocenters. The van der Waals surface area contributed by atoms with E-state index >= 15 is 0 Å². The van der Waals surface area contributed by atoms with Crippen LogP contribution in [0.15, 0.2) is 36.4 Å². The van der Waals surface area contributed by atoms with Crippen LogP contribution in [0.25, 0.3) is 0 Å². The molecule has 0 bridgehead atoms. The van der Waals surface area contributed by atoms with Crippen LogP contribution in [0.2, 0.25) is 0 Å². The smallest absolute Gasteiger partial charge is 0.124 e. The summed E-state index contributed by atoms with van der Waals surface area (Å²) in [7, 11) is 1.72. The number of hydrogen-bond acceptors (Lipinski definition) is 2. The Hall–Kier alpha value is -1.96. The van der Waals surface area contributed by atoms with Gasteiger partial charge in [0.2, 0.25) is 0 Å². The van der Waals surface area contributed by atoms with Gasteiger partial charge in [-0.2, -0.15) is 0 Å². The molecule has 106 valence electrons. The minimum atomic E-state index is 0.280. The Morgan fingerprint density at radius 3 is 2.20 bits per heavy atom. The Morgan fingerprint density at radius 2 is 1.65 bits per heavy atom. The topological polar surface area (TPSA) is 21.3 Å². The molecule has 2 aromatic rings. The number of aryl methyl sites for hydroxylation is 3. The third-order valence-corrected chi connectivity index (χ3v) is 3.59. The van der Waals surface area contributed by atoms with Crippen LogP contribution in [-0.2, 0) is 0 Å². The van der Waals surface area contributed by atoms with Crippen molar-refractivity contribution in [3.63, 3.8) is 0 Å². The highest BCUT2D eigenvalue weighted by Crippen LogP contribution is 2.29. The first kappa shape index (κ1) is 14.4. The van der Waals surface area contributed by atoms with Crippen molar-refractivity contribution in [3.8, 4) is 5.75 Å². The number of nitrogens with one attached hydrogen (secondary N) is 1. The summed E-state index contributed by atoms with van der Waals surface area (Å²) in [5.74, 6) is 0.971. The van der Waals surface area contributed by atoms with Crippen LogP contribution in [0.1, 0.15) is 35.2 Å². The SMILES string of the molecule is COc1c(C)cc(NC(C)c2cccc(C)c2)cc1C. The summed E-state index contributed by atoms with van der Waals surface area (Å²) in [6, 6.07) is 13.2. The molecular formula is C18H23NO. The van der Waals surface area contributed by atoms with Crippen LogP contribution < -0.4 is 10.1 Å². The van der Waals surface area contributed by atoms with E-state index in [9.17, 15) is 0 Å². The largest absolute Gasteiger partial charge is 0.496 e. The van der Waals surface area contributed by atoms with Crippen molar-refractivity contribution in [2.45, 2.75) is 33.7 Å². The molecule has 0 aliphatic carbocycles. The fourth-order valence-corrected chi connectivity index (χ4v) is 2.63. The van der Waals surface area contributed by atoms with Crippen LogP contribution in [0.3, 0.4) is 0 Å². The zero-order valence-electron chi connectivity index (χ0n) is 12.9. The van der Waals surface area contributed by atoms with Crippen molar-refractivity contribution in [2.75, 3.05) is 12.4 Å². The van der Waals surface area contributed by atoms with E-state index in [2.05, 4.69) is 69.4 Å². The van der Waals surface area contributed by atoms with Crippen LogP contribution in [0, 0.1) is 20.8 Å². The standard InChI is InChI=1S/C18H23NO/c1-12-7-6-8-16(9-12)15(4)19-17-10-13(2)18(20-5)14(3)11-17/h6-11,15,19H,1-5H3. The lowest BCUT2D eigenvalue weighted by Gasteiger charge is -2.18. The van der Waals surface area contributed by atoms with Gasteiger partial charge in [0.05, 0.1) is 7.11 Å². The average molecular weight is 269 g/mol. The van der Waals surface area contributed by atoms with Gasteiger partial charge in [-0.05, 0) is 56.5 Å². The zero-order valence-corrected chi connectivity index (χ0v) is 12.9. The molecule has 20 heavy (non-hydrogen) atoms. The van der Waals surface area contributed by atoms with Gasteiger partial charge in [-0.3, -0.25) is 0 Å². The van der Waals surface area contributed by atoms with Crippen molar-refractivity contribution in [3.05, 3.63) is 58.7 Å². The molecule has 0 saturated heterocycles. The highest BCUT2D eigenvalue weighted by atomic mass is 16.5. The highest BCUT2D eigenvalue weighted by Gasteiger charge is 2.09. The van der Waals surface area contributed by atoms with Crippen LogP contribution in [0.5, 0.6) is 5.75 Å². The third-order valence-electron chi connectivity index (χ3n) is 3.59. The summed E-state index contributed by atoms with van der Waals surface area (Å²) < 4.78 is 5.41. The molecule has 2 nitrogen and oxygen atoms in total. The summed E-state index contributed by atoms with van der Waals surface area (Å²) in [5.41, 5.74) is 6.04. The van der Waals surface area contributed by atoms with Crippen molar-refractivity contribution in [1.82, 2.24) is 0 Å². The van der Waals surface area contributed by atoms with E-state index in [-0.39, 0.29) is 6.04 Å². The molecule has 0 saturated carbocycles. The van der Waals surface area contributed by atoms with Gasteiger partial charge in [0.1, 0.15) is 5.75 Å². The first-order valence-corrected chi connectivity index (χ1v) is 6.99. The van der Waals surface area contributed by atoms with E-state index in [1.165, 1.54) is 11.1 Å². The summed E-state index contributed by atoms with van der Waals surface area (Å²) in [6.45, 7) is 8.46. The summed E-state index contributed by atoms with van der Waals surface area (Å²) in [4.78, 5) is 0. The number of ether oxygens (including phenoxy) is 1. The maximum atomic E-state index is 5.41. The van der Waals surface area contributed by atoms with E-state index in [1.807, 2.05) is 0 Å². The molecule has 2 heteroatoms. The molecule has 2 rings (SSSR count). The second kappa shape index (κ2) is 6.00. The molecule has 0 amide bonds. The van der Waals surface area contributed by atoms with Crippen molar-refractivity contribution < 1.29 is 4.74 Å². The quantitative estimate of drug-likeness (QED) is 0.861. The number of benzene rings is 2. The molecule has 2 aromatic carbocycles. The number of anilines is 1. The summed E-state index contributed by atoms with van der Waals surface area (Å²) >= 11 is 0. The van der Waals surface area contributed by atoms with Crippen molar-refractivity contribution >= 4 is 5.69 Å².